The van der Waals surface area contributed by atoms with E-state index in [0.29, 0.717) is 0 Å². The summed E-state index contributed by atoms with van der Waals surface area (Å²) in [5.74, 6) is 0. The molecular formula is C9H19O. The monoisotopic (exact) mass is 143 g/mol. The fourth-order valence-corrected chi connectivity index (χ4v) is 0.917. The van der Waals surface area contributed by atoms with Crippen molar-refractivity contribution < 1.29 is 4.74 Å². The van der Waals surface area contributed by atoms with E-state index >= 15 is 0 Å². The molecule has 0 bridgehead atoms. The average molecular weight is 143 g/mol. The van der Waals surface area contributed by atoms with Crippen LogP contribution in [0.2, 0.25) is 0 Å². The lowest BCUT2D eigenvalue weighted by Gasteiger charge is -2.29. The molecule has 0 fully saturated rings. The van der Waals surface area contributed by atoms with Crippen molar-refractivity contribution in [1.29, 1.82) is 0 Å². The molecule has 0 heterocycles. The van der Waals surface area contributed by atoms with E-state index in [1.54, 1.807) is 0 Å². The van der Waals surface area contributed by atoms with Gasteiger partial charge in [0.15, 0.2) is 0 Å². The van der Waals surface area contributed by atoms with Gasteiger partial charge in [0.2, 0.25) is 0 Å². The molecule has 0 unspecified atom stereocenters. The van der Waals surface area contributed by atoms with E-state index in [2.05, 4.69) is 20.8 Å². The van der Waals surface area contributed by atoms with Crippen molar-refractivity contribution in [2.45, 2.75) is 52.2 Å². The largest absolute Gasteiger partial charge is 0.372 e. The lowest BCUT2D eigenvalue weighted by atomic mass is 10.00. The zero-order valence-electron chi connectivity index (χ0n) is 7.61. The Bertz CT molecular complexity index is 82.7. The minimum atomic E-state index is -0.145. The van der Waals surface area contributed by atoms with Gasteiger partial charge >= 0.3 is 0 Å². The Morgan fingerprint density at radius 3 is 1.80 bits per heavy atom. The highest BCUT2D eigenvalue weighted by Gasteiger charge is 2.21. The van der Waals surface area contributed by atoms with Crippen molar-refractivity contribution in [2.24, 2.45) is 0 Å². The molecule has 0 saturated carbocycles. The summed E-state index contributed by atoms with van der Waals surface area (Å²) in [4.78, 5) is 0. The summed E-state index contributed by atoms with van der Waals surface area (Å²) in [5, 5.41) is 0. The SMILES string of the molecule is [CH2]C(CC)(CC)OC(C)C. The van der Waals surface area contributed by atoms with Crippen molar-refractivity contribution in [3.05, 3.63) is 6.92 Å². The third kappa shape index (κ3) is 3.21. The van der Waals surface area contributed by atoms with Crippen LogP contribution in [-0.2, 0) is 4.74 Å². The normalized spacial score (nSPS) is 12.6. The third-order valence-corrected chi connectivity index (χ3v) is 1.77. The minimum Gasteiger partial charge on any atom is -0.372 e. The second-order valence-electron chi connectivity index (χ2n) is 3.06. The van der Waals surface area contributed by atoms with Crippen LogP contribution in [0.15, 0.2) is 0 Å². The van der Waals surface area contributed by atoms with E-state index in [9.17, 15) is 0 Å². The number of hydrogen-bond donors (Lipinski definition) is 0. The molecule has 10 heavy (non-hydrogen) atoms. The number of ether oxygens (including phenoxy) is 1. The fourth-order valence-electron chi connectivity index (χ4n) is 0.917. The first kappa shape index (κ1) is 9.96. The predicted octanol–water partition coefficient (Wildman–Crippen LogP) is 2.80. The third-order valence-electron chi connectivity index (χ3n) is 1.77. The maximum Gasteiger partial charge on any atom is 0.0681 e. The molecule has 1 heteroatoms. The first-order valence-electron chi connectivity index (χ1n) is 4.07. The van der Waals surface area contributed by atoms with Gasteiger partial charge in [-0.05, 0) is 33.6 Å². The summed E-state index contributed by atoms with van der Waals surface area (Å²) in [6, 6.07) is 0. The number of hydrogen-bond acceptors (Lipinski definition) is 1. The van der Waals surface area contributed by atoms with Crippen molar-refractivity contribution in [3.63, 3.8) is 0 Å². The summed E-state index contributed by atoms with van der Waals surface area (Å²) < 4.78 is 5.62. The van der Waals surface area contributed by atoms with Gasteiger partial charge in [-0.3, -0.25) is 0 Å². The van der Waals surface area contributed by atoms with Crippen molar-refractivity contribution >= 4 is 0 Å². The molecule has 1 nitrogen and oxygen atoms in total. The summed E-state index contributed by atoms with van der Waals surface area (Å²) in [7, 11) is 0. The quantitative estimate of drug-likeness (QED) is 0.588. The first-order valence-corrected chi connectivity index (χ1v) is 4.07. The molecule has 0 rings (SSSR count). The van der Waals surface area contributed by atoms with Crippen LogP contribution in [0.25, 0.3) is 0 Å². The number of rotatable bonds is 4. The van der Waals surface area contributed by atoms with E-state index in [1.165, 1.54) is 0 Å². The smallest absolute Gasteiger partial charge is 0.0681 e. The topological polar surface area (TPSA) is 9.23 Å². The Morgan fingerprint density at radius 2 is 1.70 bits per heavy atom. The molecule has 1 radical (unpaired) electrons. The average Bonchev–Trinajstić information content (AvgIpc) is 1.87. The van der Waals surface area contributed by atoms with Crippen molar-refractivity contribution in [1.82, 2.24) is 0 Å². The highest BCUT2D eigenvalue weighted by molar-refractivity contribution is 4.80. The Balaban J connectivity index is 3.80. The minimum absolute atomic E-state index is 0.145. The molecule has 0 aliphatic heterocycles. The highest BCUT2D eigenvalue weighted by atomic mass is 16.5. The van der Waals surface area contributed by atoms with Crippen LogP contribution in [0.1, 0.15) is 40.5 Å². The zero-order valence-corrected chi connectivity index (χ0v) is 7.61. The molecule has 0 aliphatic rings. The molecule has 0 N–H and O–H groups in total. The first-order chi connectivity index (χ1) is 4.54. The van der Waals surface area contributed by atoms with Crippen LogP contribution in [0.5, 0.6) is 0 Å². The molecule has 0 spiro atoms. The molecule has 0 aliphatic carbocycles. The highest BCUT2D eigenvalue weighted by Crippen LogP contribution is 2.20. The predicted molar refractivity (Wildman–Crippen MR) is 44.9 cm³/mol. The van der Waals surface area contributed by atoms with Gasteiger partial charge in [0, 0.05) is 0 Å². The molecule has 0 aromatic heterocycles. The Morgan fingerprint density at radius 1 is 1.30 bits per heavy atom. The van der Waals surface area contributed by atoms with Gasteiger partial charge in [-0.1, -0.05) is 13.8 Å². The van der Waals surface area contributed by atoms with Crippen molar-refractivity contribution in [3.8, 4) is 0 Å². The lowest BCUT2D eigenvalue weighted by Crippen LogP contribution is -2.30. The van der Waals surface area contributed by atoms with Gasteiger partial charge in [-0.15, -0.1) is 0 Å². The van der Waals surface area contributed by atoms with Crippen LogP contribution in [-0.4, -0.2) is 11.7 Å². The molecule has 0 atom stereocenters. The van der Waals surface area contributed by atoms with E-state index in [1.807, 2.05) is 13.8 Å². The van der Waals surface area contributed by atoms with Crippen LogP contribution >= 0.6 is 0 Å². The second-order valence-corrected chi connectivity index (χ2v) is 3.06. The summed E-state index contributed by atoms with van der Waals surface area (Å²) in [6.07, 6.45) is 2.26. The van der Waals surface area contributed by atoms with Crippen LogP contribution < -0.4 is 0 Å². The van der Waals surface area contributed by atoms with Gasteiger partial charge in [0.1, 0.15) is 0 Å². The molecule has 0 amide bonds. The van der Waals surface area contributed by atoms with Gasteiger partial charge in [-0.2, -0.15) is 0 Å². The van der Waals surface area contributed by atoms with Crippen LogP contribution in [0, 0.1) is 6.92 Å². The fraction of sp³-hybridized carbons (Fsp3) is 0.889. The molecule has 0 saturated heterocycles. The molecule has 61 valence electrons. The second kappa shape index (κ2) is 3.97. The van der Waals surface area contributed by atoms with E-state index in [4.69, 9.17) is 4.74 Å². The van der Waals surface area contributed by atoms with Crippen LogP contribution in [0.4, 0.5) is 0 Å². The Kier molecular flexibility index (Phi) is 3.95. The molecular weight excluding hydrogens is 124 g/mol. The Hall–Kier alpha value is -0.0400. The van der Waals surface area contributed by atoms with Crippen LogP contribution in [0.3, 0.4) is 0 Å². The maximum absolute atomic E-state index is 5.62. The molecule has 0 aromatic carbocycles. The zero-order chi connectivity index (χ0) is 8.20. The standard InChI is InChI=1S/C9H19O/c1-6-9(5,7-2)10-8(3)4/h8H,5-7H2,1-4H3. The maximum atomic E-state index is 5.62. The Labute approximate surface area is 64.8 Å². The van der Waals surface area contributed by atoms with E-state index < -0.39 is 0 Å². The summed E-state index contributed by atoms with van der Waals surface area (Å²) in [6.45, 7) is 12.3. The molecule has 0 aromatic rings. The summed E-state index contributed by atoms with van der Waals surface area (Å²) in [5.41, 5.74) is -0.145. The van der Waals surface area contributed by atoms with Gasteiger partial charge < -0.3 is 4.74 Å². The summed E-state index contributed by atoms with van der Waals surface area (Å²) >= 11 is 0. The van der Waals surface area contributed by atoms with Gasteiger partial charge in [0.05, 0.1) is 11.7 Å². The van der Waals surface area contributed by atoms with E-state index in [-0.39, 0.29) is 11.7 Å². The van der Waals surface area contributed by atoms with Gasteiger partial charge in [-0.25, -0.2) is 0 Å². The van der Waals surface area contributed by atoms with Crippen molar-refractivity contribution in [2.75, 3.05) is 0 Å². The van der Waals surface area contributed by atoms with Gasteiger partial charge in [0.25, 0.3) is 0 Å². The lowest BCUT2D eigenvalue weighted by molar-refractivity contribution is -0.0538. The van der Waals surface area contributed by atoms with E-state index in [0.717, 1.165) is 12.8 Å².